The molecule has 0 spiro atoms. The lowest BCUT2D eigenvalue weighted by Gasteiger charge is -2.12. The van der Waals surface area contributed by atoms with E-state index in [9.17, 15) is 9.50 Å². The number of nitrogens with one attached hydrogen (secondary N) is 1. The molecule has 0 atom stereocenters. The summed E-state index contributed by atoms with van der Waals surface area (Å²) in [5.74, 6) is -0.229. The number of aryl methyl sites for hydroxylation is 1. The van der Waals surface area contributed by atoms with Crippen molar-refractivity contribution in [3.63, 3.8) is 0 Å². The first kappa shape index (κ1) is 12.6. The van der Waals surface area contributed by atoms with Crippen molar-refractivity contribution in [3.05, 3.63) is 65.0 Å². The highest BCUT2D eigenvalue weighted by molar-refractivity contribution is 5.51. The van der Waals surface area contributed by atoms with Gasteiger partial charge in [-0.1, -0.05) is 24.3 Å². The summed E-state index contributed by atoms with van der Waals surface area (Å²) in [4.78, 5) is 0. The summed E-state index contributed by atoms with van der Waals surface area (Å²) in [5.41, 5.74) is 3.68. The number of rotatable bonds is 4. The number of anilines is 1. The Hall–Kier alpha value is -1.87. The summed E-state index contributed by atoms with van der Waals surface area (Å²) in [6, 6.07) is 12.3. The van der Waals surface area contributed by atoms with Crippen LogP contribution in [-0.2, 0) is 13.2 Å². The van der Waals surface area contributed by atoms with Crippen molar-refractivity contribution >= 4 is 5.69 Å². The normalized spacial score (nSPS) is 10.4. The van der Waals surface area contributed by atoms with E-state index in [-0.39, 0.29) is 12.4 Å². The zero-order valence-electron chi connectivity index (χ0n) is 10.3. The van der Waals surface area contributed by atoms with Crippen LogP contribution in [0.4, 0.5) is 10.1 Å². The Bertz CT molecular complexity index is 540. The number of aliphatic hydroxyl groups excluding tert-OH is 1. The van der Waals surface area contributed by atoms with Crippen LogP contribution in [0, 0.1) is 12.7 Å². The van der Waals surface area contributed by atoms with Gasteiger partial charge in [0, 0.05) is 17.8 Å². The first-order valence-corrected chi connectivity index (χ1v) is 5.88. The molecule has 0 unspecified atom stereocenters. The molecule has 0 amide bonds. The van der Waals surface area contributed by atoms with E-state index in [0.29, 0.717) is 6.54 Å². The van der Waals surface area contributed by atoms with E-state index in [1.807, 2.05) is 31.2 Å². The number of hydrogen-bond acceptors (Lipinski definition) is 2. The van der Waals surface area contributed by atoms with Crippen LogP contribution in [0.5, 0.6) is 0 Å². The largest absolute Gasteiger partial charge is 0.392 e. The highest BCUT2D eigenvalue weighted by atomic mass is 19.1. The smallest absolute Gasteiger partial charge is 0.123 e. The van der Waals surface area contributed by atoms with Crippen LogP contribution in [0.15, 0.2) is 42.5 Å². The lowest BCUT2D eigenvalue weighted by Crippen LogP contribution is -2.04. The van der Waals surface area contributed by atoms with E-state index < -0.39 is 0 Å². The van der Waals surface area contributed by atoms with Gasteiger partial charge in [0.15, 0.2) is 0 Å². The van der Waals surface area contributed by atoms with E-state index >= 15 is 0 Å². The third kappa shape index (κ3) is 2.87. The monoisotopic (exact) mass is 245 g/mol. The van der Waals surface area contributed by atoms with Gasteiger partial charge < -0.3 is 10.4 Å². The highest BCUT2D eigenvalue weighted by Gasteiger charge is 2.03. The Balaban J connectivity index is 2.14. The average molecular weight is 245 g/mol. The van der Waals surface area contributed by atoms with E-state index in [4.69, 9.17) is 0 Å². The van der Waals surface area contributed by atoms with Crippen LogP contribution in [0.2, 0.25) is 0 Å². The molecule has 18 heavy (non-hydrogen) atoms. The molecular weight excluding hydrogens is 229 g/mol. The second kappa shape index (κ2) is 5.65. The molecule has 0 radical (unpaired) electrons. The second-order valence-corrected chi connectivity index (χ2v) is 4.24. The van der Waals surface area contributed by atoms with Crippen LogP contribution in [0.1, 0.15) is 16.7 Å². The number of para-hydroxylation sites is 1. The van der Waals surface area contributed by atoms with Crippen molar-refractivity contribution in [2.45, 2.75) is 20.1 Å². The molecule has 0 aliphatic rings. The van der Waals surface area contributed by atoms with Gasteiger partial charge in [0.2, 0.25) is 0 Å². The van der Waals surface area contributed by atoms with Gasteiger partial charge in [-0.2, -0.15) is 0 Å². The summed E-state index contributed by atoms with van der Waals surface area (Å²) in [6.07, 6.45) is 0. The van der Waals surface area contributed by atoms with Gasteiger partial charge in [-0.05, 0) is 36.2 Å². The van der Waals surface area contributed by atoms with Gasteiger partial charge in [-0.25, -0.2) is 4.39 Å². The highest BCUT2D eigenvalue weighted by Crippen LogP contribution is 2.17. The quantitative estimate of drug-likeness (QED) is 0.866. The van der Waals surface area contributed by atoms with E-state index in [1.165, 1.54) is 12.1 Å². The van der Waals surface area contributed by atoms with Crippen LogP contribution < -0.4 is 5.32 Å². The molecule has 3 heteroatoms. The maximum atomic E-state index is 13.2. The van der Waals surface area contributed by atoms with Gasteiger partial charge >= 0.3 is 0 Å². The third-order valence-electron chi connectivity index (χ3n) is 2.97. The standard InChI is InChI=1S/C15H16FNO/c1-11-6-7-14(16)8-13(11)9-17-15-5-3-2-4-12(15)10-18/h2-8,17-18H,9-10H2,1H3. The molecule has 2 rings (SSSR count). The molecular formula is C15H16FNO. The Labute approximate surface area is 106 Å². The summed E-state index contributed by atoms with van der Waals surface area (Å²) >= 11 is 0. The van der Waals surface area contributed by atoms with Gasteiger partial charge in [0.1, 0.15) is 5.82 Å². The van der Waals surface area contributed by atoms with Gasteiger partial charge in [-0.15, -0.1) is 0 Å². The number of benzene rings is 2. The summed E-state index contributed by atoms with van der Waals surface area (Å²) in [6.45, 7) is 2.49. The molecule has 0 fully saturated rings. The third-order valence-corrected chi connectivity index (χ3v) is 2.97. The predicted molar refractivity (Wildman–Crippen MR) is 70.8 cm³/mol. The molecule has 0 saturated heterocycles. The van der Waals surface area contributed by atoms with Gasteiger partial charge in [-0.3, -0.25) is 0 Å². The first-order chi connectivity index (χ1) is 8.70. The SMILES string of the molecule is Cc1ccc(F)cc1CNc1ccccc1CO. The van der Waals surface area contributed by atoms with Crippen molar-refractivity contribution in [2.75, 3.05) is 5.32 Å². The maximum absolute atomic E-state index is 13.2. The van der Waals surface area contributed by atoms with Gasteiger partial charge in [0.25, 0.3) is 0 Å². The van der Waals surface area contributed by atoms with Crippen LogP contribution in [-0.4, -0.2) is 5.11 Å². The Kier molecular flexibility index (Phi) is 3.95. The molecule has 2 aromatic rings. The van der Waals surface area contributed by atoms with Crippen molar-refractivity contribution in [1.82, 2.24) is 0 Å². The molecule has 0 saturated carbocycles. The van der Waals surface area contributed by atoms with Gasteiger partial charge in [0.05, 0.1) is 6.61 Å². The Morgan fingerprint density at radius 3 is 2.67 bits per heavy atom. The zero-order chi connectivity index (χ0) is 13.0. The molecule has 0 aliphatic heterocycles. The minimum atomic E-state index is -0.229. The second-order valence-electron chi connectivity index (χ2n) is 4.24. The van der Waals surface area contributed by atoms with Crippen LogP contribution in [0.3, 0.4) is 0 Å². The van der Waals surface area contributed by atoms with E-state index in [2.05, 4.69) is 5.32 Å². The molecule has 0 aromatic heterocycles. The fourth-order valence-corrected chi connectivity index (χ4v) is 1.85. The van der Waals surface area contributed by atoms with E-state index in [0.717, 1.165) is 22.4 Å². The number of hydrogen-bond donors (Lipinski definition) is 2. The molecule has 94 valence electrons. The molecule has 0 heterocycles. The topological polar surface area (TPSA) is 32.3 Å². The van der Waals surface area contributed by atoms with Crippen molar-refractivity contribution in [2.24, 2.45) is 0 Å². The number of halogens is 1. The summed E-state index contributed by atoms with van der Waals surface area (Å²) < 4.78 is 13.2. The molecule has 2 aromatic carbocycles. The summed E-state index contributed by atoms with van der Waals surface area (Å²) in [5, 5.41) is 12.4. The minimum Gasteiger partial charge on any atom is -0.392 e. The summed E-state index contributed by atoms with van der Waals surface area (Å²) in [7, 11) is 0. The first-order valence-electron chi connectivity index (χ1n) is 5.88. The van der Waals surface area contributed by atoms with Crippen molar-refractivity contribution in [3.8, 4) is 0 Å². The maximum Gasteiger partial charge on any atom is 0.123 e. The Morgan fingerprint density at radius 1 is 1.11 bits per heavy atom. The van der Waals surface area contributed by atoms with Crippen LogP contribution >= 0.6 is 0 Å². The average Bonchev–Trinajstić information content (AvgIpc) is 2.40. The minimum absolute atomic E-state index is 0.00862. The molecule has 2 nitrogen and oxygen atoms in total. The lowest BCUT2D eigenvalue weighted by molar-refractivity contribution is 0.282. The van der Waals surface area contributed by atoms with Crippen molar-refractivity contribution < 1.29 is 9.50 Å². The fraction of sp³-hybridized carbons (Fsp3) is 0.200. The predicted octanol–water partition coefficient (Wildman–Crippen LogP) is 3.24. The fourth-order valence-electron chi connectivity index (χ4n) is 1.85. The number of aliphatic hydroxyl groups is 1. The van der Waals surface area contributed by atoms with Crippen LogP contribution in [0.25, 0.3) is 0 Å². The zero-order valence-corrected chi connectivity index (χ0v) is 10.3. The molecule has 0 bridgehead atoms. The lowest BCUT2D eigenvalue weighted by atomic mass is 10.1. The Morgan fingerprint density at radius 2 is 1.89 bits per heavy atom. The van der Waals surface area contributed by atoms with Crippen molar-refractivity contribution in [1.29, 1.82) is 0 Å². The van der Waals surface area contributed by atoms with E-state index in [1.54, 1.807) is 6.07 Å². The molecule has 0 aliphatic carbocycles. The molecule has 2 N–H and O–H groups in total.